The molecule has 0 unspecified atom stereocenters. The van der Waals surface area contributed by atoms with E-state index in [9.17, 15) is 0 Å². The smallest absolute Gasteiger partial charge is 0.123 e. The Kier molecular flexibility index (Phi) is 6.52. The Hall–Kier alpha value is -1.06. The van der Waals surface area contributed by atoms with Crippen molar-refractivity contribution >= 4 is 0 Å². The second kappa shape index (κ2) is 8.40. The van der Waals surface area contributed by atoms with Gasteiger partial charge in [-0.25, -0.2) is 0 Å². The first kappa shape index (κ1) is 16.3. The normalized spacial score (nSPS) is 15.2. The summed E-state index contributed by atoms with van der Waals surface area (Å²) < 4.78 is 5.53. The third-order valence-electron chi connectivity index (χ3n) is 4.34. The van der Waals surface area contributed by atoms with Crippen LogP contribution in [0.5, 0.6) is 5.75 Å². The van der Waals surface area contributed by atoms with Gasteiger partial charge in [0.1, 0.15) is 5.75 Å². The maximum absolute atomic E-state index is 5.53. The van der Waals surface area contributed by atoms with E-state index < -0.39 is 0 Å². The van der Waals surface area contributed by atoms with Crippen LogP contribution in [-0.4, -0.2) is 32.1 Å². The molecule has 1 aromatic carbocycles. The fourth-order valence-corrected chi connectivity index (χ4v) is 2.95. The van der Waals surface area contributed by atoms with E-state index in [1.807, 2.05) is 0 Å². The van der Waals surface area contributed by atoms with Gasteiger partial charge in [-0.1, -0.05) is 19.4 Å². The summed E-state index contributed by atoms with van der Waals surface area (Å²) in [6, 6.07) is 6.56. The molecule has 1 saturated carbocycles. The number of hydrogen-bond acceptors (Lipinski definition) is 3. The number of benzene rings is 1. The first-order valence-corrected chi connectivity index (χ1v) is 8.28. The van der Waals surface area contributed by atoms with Crippen molar-refractivity contribution in [2.75, 3.05) is 27.2 Å². The van der Waals surface area contributed by atoms with Crippen molar-refractivity contribution in [3.63, 3.8) is 0 Å². The van der Waals surface area contributed by atoms with Gasteiger partial charge in [-0.2, -0.15) is 0 Å². The van der Waals surface area contributed by atoms with Gasteiger partial charge in [-0.3, -0.25) is 0 Å². The topological polar surface area (TPSA) is 24.5 Å². The minimum Gasteiger partial charge on any atom is -0.496 e. The highest BCUT2D eigenvalue weighted by Gasteiger charge is 2.19. The molecule has 1 N–H and O–H groups in total. The van der Waals surface area contributed by atoms with Gasteiger partial charge in [-0.05, 0) is 56.5 Å². The summed E-state index contributed by atoms with van der Waals surface area (Å²) in [6.07, 6.45) is 5.40. The monoisotopic (exact) mass is 290 g/mol. The van der Waals surface area contributed by atoms with Crippen LogP contribution in [0.4, 0.5) is 0 Å². The molecule has 3 heteroatoms. The van der Waals surface area contributed by atoms with Crippen LogP contribution in [0.15, 0.2) is 18.2 Å². The van der Waals surface area contributed by atoms with Gasteiger partial charge < -0.3 is 15.0 Å². The van der Waals surface area contributed by atoms with Crippen LogP contribution in [0, 0.1) is 5.92 Å². The molecule has 0 aliphatic heterocycles. The molecular formula is C18H30N2O. The molecule has 0 saturated heterocycles. The predicted molar refractivity (Wildman–Crippen MR) is 88.7 cm³/mol. The number of methoxy groups -OCH3 is 1. The van der Waals surface area contributed by atoms with Crippen LogP contribution < -0.4 is 10.1 Å². The van der Waals surface area contributed by atoms with Crippen molar-refractivity contribution < 1.29 is 4.74 Å². The van der Waals surface area contributed by atoms with E-state index in [2.05, 4.69) is 42.4 Å². The van der Waals surface area contributed by atoms with Gasteiger partial charge >= 0.3 is 0 Å². The van der Waals surface area contributed by atoms with E-state index in [0.717, 1.165) is 31.3 Å². The molecular weight excluding hydrogens is 260 g/mol. The highest BCUT2D eigenvalue weighted by molar-refractivity contribution is 5.37. The summed E-state index contributed by atoms with van der Waals surface area (Å²) in [4.78, 5) is 2.44. The van der Waals surface area contributed by atoms with E-state index >= 15 is 0 Å². The van der Waals surface area contributed by atoms with Gasteiger partial charge in [0.05, 0.1) is 7.11 Å². The molecule has 1 aliphatic rings. The molecule has 118 valence electrons. The summed E-state index contributed by atoms with van der Waals surface area (Å²) in [6.45, 7) is 6.39. The lowest BCUT2D eigenvalue weighted by atomic mass is 9.85. The summed E-state index contributed by atoms with van der Waals surface area (Å²) in [7, 11) is 3.99. The number of nitrogens with one attached hydrogen (secondary N) is 1. The average molecular weight is 290 g/mol. The molecule has 0 bridgehead atoms. The van der Waals surface area contributed by atoms with Crippen molar-refractivity contribution in [1.29, 1.82) is 0 Å². The number of nitrogens with zero attached hydrogens (tertiary/aromatic N) is 1. The molecule has 1 fully saturated rings. The van der Waals surface area contributed by atoms with Gasteiger partial charge in [0.25, 0.3) is 0 Å². The van der Waals surface area contributed by atoms with E-state index in [0.29, 0.717) is 0 Å². The highest BCUT2D eigenvalue weighted by atomic mass is 16.5. The molecule has 0 heterocycles. The molecule has 0 amide bonds. The lowest BCUT2D eigenvalue weighted by molar-refractivity contribution is 0.199. The first-order valence-electron chi connectivity index (χ1n) is 8.28. The number of ether oxygens (including phenoxy) is 1. The Bertz CT molecular complexity index is 429. The van der Waals surface area contributed by atoms with Crippen LogP contribution in [0.3, 0.4) is 0 Å². The molecule has 0 aromatic heterocycles. The van der Waals surface area contributed by atoms with Crippen molar-refractivity contribution in [2.24, 2.45) is 5.92 Å². The molecule has 0 spiro atoms. The van der Waals surface area contributed by atoms with Gasteiger partial charge in [0.2, 0.25) is 0 Å². The van der Waals surface area contributed by atoms with Gasteiger partial charge in [-0.15, -0.1) is 0 Å². The van der Waals surface area contributed by atoms with Crippen molar-refractivity contribution in [1.82, 2.24) is 10.2 Å². The maximum Gasteiger partial charge on any atom is 0.123 e. The molecule has 0 radical (unpaired) electrons. The SMILES string of the molecule is CCCNCc1ccc(OC)c(CN(C)CC2CCC2)c1. The number of rotatable bonds is 9. The zero-order valence-electron chi connectivity index (χ0n) is 13.8. The summed E-state index contributed by atoms with van der Waals surface area (Å²) in [5, 5.41) is 3.47. The minimum absolute atomic E-state index is 0.912. The Labute approximate surface area is 129 Å². The van der Waals surface area contributed by atoms with Crippen LogP contribution in [0.25, 0.3) is 0 Å². The third-order valence-corrected chi connectivity index (χ3v) is 4.34. The standard InChI is InChI=1S/C18H30N2O/c1-4-10-19-12-16-8-9-18(21-3)17(11-16)14-20(2)13-15-6-5-7-15/h8-9,11,15,19H,4-7,10,12-14H2,1-3H3. The summed E-state index contributed by atoms with van der Waals surface area (Å²) in [5.41, 5.74) is 2.64. The van der Waals surface area contributed by atoms with Crippen molar-refractivity contribution in [3.05, 3.63) is 29.3 Å². The largest absolute Gasteiger partial charge is 0.496 e. The van der Waals surface area contributed by atoms with Crippen LogP contribution in [0.2, 0.25) is 0 Å². The Morgan fingerprint density at radius 2 is 2.14 bits per heavy atom. The Morgan fingerprint density at radius 1 is 1.33 bits per heavy atom. The van der Waals surface area contributed by atoms with E-state index in [-0.39, 0.29) is 0 Å². The minimum atomic E-state index is 0.912. The van der Waals surface area contributed by atoms with E-state index in [4.69, 9.17) is 4.74 Å². The molecule has 0 atom stereocenters. The van der Waals surface area contributed by atoms with Crippen LogP contribution in [-0.2, 0) is 13.1 Å². The fourth-order valence-electron chi connectivity index (χ4n) is 2.95. The van der Waals surface area contributed by atoms with E-state index in [1.165, 1.54) is 43.4 Å². The molecule has 1 aromatic rings. The van der Waals surface area contributed by atoms with Gasteiger partial charge in [0.15, 0.2) is 0 Å². The molecule has 1 aliphatic carbocycles. The Morgan fingerprint density at radius 3 is 2.76 bits per heavy atom. The molecule has 21 heavy (non-hydrogen) atoms. The van der Waals surface area contributed by atoms with Crippen molar-refractivity contribution in [3.8, 4) is 5.75 Å². The Balaban J connectivity index is 1.95. The summed E-state index contributed by atoms with van der Waals surface area (Å²) >= 11 is 0. The zero-order chi connectivity index (χ0) is 15.1. The molecule has 2 rings (SSSR count). The average Bonchev–Trinajstić information content (AvgIpc) is 2.44. The summed E-state index contributed by atoms with van der Waals surface area (Å²) in [5.74, 6) is 1.92. The van der Waals surface area contributed by atoms with Crippen LogP contribution in [0.1, 0.15) is 43.7 Å². The maximum atomic E-state index is 5.53. The van der Waals surface area contributed by atoms with Crippen molar-refractivity contribution in [2.45, 2.75) is 45.7 Å². The van der Waals surface area contributed by atoms with Gasteiger partial charge in [0, 0.05) is 25.2 Å². The molecule has 3 nitrogen and oxygen atoms in total. The quantitative estimate of drug-likeness (QED) is 0.705. The lowest BCUT2D eigenvalue weighted by Crippen LogP contribution is -2.29. The van der Waals surface area contributed by atoms with E-state index in [1.54, 1.807) is 7.11 Å². The fraction of sp³-hybridized carbons (Fsp3) is 0.667. The second-order valence-corrected chi connectivity index (χ2v) is 6.32. The number of hydrogen-bond donors (Lipinski definition) is 1. The first-order chi connectivity index (χ1) is 10.2. The predicted octanol–water partition coefficient (Wildman–Crippen LogP) is 3.43. The zero-order valence-corrected chi connectivity index (χ0v) is 13.8. The van der Waals surface area contributed by atoms with Crippen LogP contribution >= 0.6 is 0 Å². The highest BCUT2D eigenvalue weighted by Crippen LogP contribution is 2.28. The second-order valence-electron chi connectivity index (χ2n) is 6.32. The third kappa shape index (κ3) is 5.01. The lowest BCUT2D eigenvalue weighted by Gasteiger charge is -2.30.